The molecule has 0 saturated carbocycles. The predicted octanol–water partition coefficient (Wildman–Crippen LogP) is -0.394. The number of hydrogen-bond donors (Lipinski definition) is 0. The van der Waals surface area contributed by atoms with Crippen molar-refractivity contribution in [2.45, 2.75) is 12.8 Å². The highest BCUT2D eigenvalue weighted by Gasteiger charge is 2.39. The number of esters is 1. The lowest BCUT2D eigenvalue weighted by molar-refractivity contribution is -0.149. The normalized spacial score (nSPS) is 18.8. The quantitative estimate of drug-likeness (QED) is 0.682. The van der Waals surface area contributed by atoms with Crippen molar-refractivity contribution in [2.24, 2.45) is 18.9 Å². The van der Waals surface area contributed by atoms with E-state index in [1.54, 1.807) is 11.7 Å². The van der Waals surface area contributed by atoms with E-state index in [4.69, 9.17) is 4.74 Å². The van der Waals surface area contributed by atoms with Gasteiger partial charge in [0.25, 0.3) is 0 Å². The molecule has 2 aromatic heterocycles. The molecule has 0 aliphatic carbocycles. The lowest BCUT2D eigenvalue weighted by Gasteiger charge is -2.42. The maximum atomic E-state index is 12.7. The summed E-state index contributed by atoms with van der Waals surface area (Å²) in [4.78, 5) is 36.7. The van der Waals surface area contributed by atoms with Gasteiger partial charge in [0.15, 0.2) is 17.0 Å². The third-order valence-corrected chi connectivity index (χ3v) is 5.24. The minimum absolute atomic E-state index is 0.0497. The highest BCUT2D eigenvalue weighted by molar-refractivity contribution is 5.86. The molecule has 10 heteroatoms. The Labute approximate surface area is 150 Å². The van der Waals surface area contributed by atoms with Gasteiger partial charge < -0.3 is 14.5 Å². The van der Waals surface area contributed by atoms with Crippen LogP contribution in [0, 0.1) is 11.8 Å². The van der Waals surface area contributed by atoms with Crippen molar-refractivity contribution in [3.8, 4) is 0 Å². The number of amides is 1. The van der Waals surface area contributed by atoms with Crippen LogP contribution in [-0.4, -0.2) is 75.0 Å². The molecule has 0 spiro atoms. The Morgan fingerprint density at radius 2 is 1.88 bits per heavy atom. The Morgan fingerprint density at radius 1 is 1.15 bits per heavy atom. The summed E-state index contributed by atoms with van der Waals surface area (Å²) in [6, 6.07) is 0. The average Bonchev–Trinajstić information content (AvgIpc) is 3.02. The summed E-state index contributed by atoms with van der Waals surface area (Å²) in [5, 5.41) is 8.10. The lowest BCUT2D eigenvalue weighted by Crippen LogP contribution is -2.56. The Morgan fingerprint density at radius 3 is 2.58 bits per heavy atom. The molecule has 2 saturated heterocycles. The van der Waals surface area contributed by atoms with Gasteiger partial charge in [-0.3, -0.25) is 9.59 Å². The number of nitrogens with zero attached hydrogens (tertiary/aromatic N) is 7. The third-order valence-electron chi connectivity index (χ3n) is 5.24. The van der Waals surface area contributed by atoms with Gasteiger partial charge in [-0.25, -0.2) is 14.6 Å². The third kappa shape index (κ3) is 2.74. The van der Waals surface area contributed by atoms with Gasteiger partial charge >= 0.3 is 5.97 Å². The minimum atomic E-state index is -0.177. The molecule has 0 unspecified atom stereocenters. The van der Waals surface area contributed by atoms with Crippen molar-refractivity contribution in [2.75, 3.05) is 38.2 Å². The van der Waals surface area contributed by atoms with E-state index in [1.165, 1.54) is 13.4 Å². The largest absolute Gasteiger partial charge is 0.469 e. The van der Waals surface area contributed by atoms with Gasteiger partial charge in [-0.05, 0) is 12.8 Å². The van der Waals surface area contributed by atoms with E-state index in [0.29, 0.717) is 50.2 Å². The second-order valence-electron chi connectivity index (χ2n) is 6.81. The van der Waals surface area contributed by atoms with Gasteiger partial charge in [-0.1, -0.05) is 5.21 Å². The zero-order chi connectivity index (χ0) is 18.3. The first kappa shape index (κ1) is 16.7. The average molecular weight is 359 g/mol. The summed E-state index contributed by atoms with van der Waals surface area (Å²) in [7, 11) is 3.19. The van der Waals surface area contributed by atoms with Crippen LogP contribution in [0.25, 0.3) is 11.2 Å². The molecule has 2 aromatic rings. The standard InChI is InChI=1S/C16H21N7O3/c1-21-13-12(19-20-21)14(18-9-17-13)23-7-11(8-23)15(24)22-5-3-10(4-6-22)16(25)26-2/h9-11H,3-8H2,1-2H3. The van der Waals surface area contributed by atoms with Crippen molar-refractivity contribution in [1.29, 1.82) is 0 Å². The van der Waals surface area contributed by atoms with Crippen LogP contribution >= 0.6 is 0 Å². The zero-order valence-corrected chi connectivity index (χ0v) is 14.8. The first-order valence-corrected chi connectivity index (χ1v) is 8.70. The molecule has 138 valence electrons. The highest BCUT2D eigenvalue weighted by Crippen LogP contribution is 2.29. The Balaban J connectivity index is 1.36. The molecule has 0 aromatic carbocycles. The fraction of sp³-hybridized carbons (Fsp3) is 0.625. The van der Waals surface area contributed by atoms with Crippen molar-refractivity contribution < 1.29 is 14.3 Å². The molecule has 1 amide bonds. The number of aromatic nitrogens is 5. The summed E-state index contributed by atoms with van der Waals surface area (Å²) < 4.78 is 6.40. The van der Waals surface area contributed by atoms with Crippen LogP contribution in [0.4, 0.5) is 5.82 Å². The molecule has 2 aliphatic heterocycles. The van der Waals surface area contributed by atoms with E-state index < -0.39 is 0 Å². The van der Waals surface area contributed by atoms with Gasteiger partial charge in [0.2, 0.25) is 5.91 Å². The van der Waals surface area contributed by atoms with Crippen LogP contribution in [0.3, 0.4) is 0 Å². The summed E-state index contributed by atoms with van der Waals surface area (Å²) in [5.41, 5.74) is 1.33. The molecule has 4 heterocycles. The number of aryl methyl sites for hydroxylation is 1. The van der Waals surface area contributed by atoms with Crippen LogP contribution in [0.1, 0.15) is 12.8 Å². The number of ether oxygens (including phenoxy) is 1. The second kappa shape index (κ2) is 6.50. The maximum absolute atomic E-state index is 12.7. The molecule has 10 nitrogen and oxygen atoms in total. The summed E-state index contributed by atoms with van der Waals surface area (Å²) in [5.74, 6) is 0.550. The van der Waals surface area contributed by atoms with Crippen LogP contribution in [-0.2, 0) is 21.4 Å². The summed E-state index contributed by atoms with van der Waals surface area (Å²) >= 11 is 0. The SMILES string of the molecule is COC(=O)C1CCN(C(=O)C2CN(c3ncnc4c3nnn4C)C2)CC1. The van der Waals surface area contributed by atoms with Crippen molar-refractivity contribution >= 4 is 28.9 Å². The van der Waals surface area contributed by atoms with Gasteiger partial charge in [0, 0.05) is 33.2 Å². The van der Waals surface area contributed by atoms with Crippen LogP contribution < -0.4 is 4.90 Å². The second-order valence-corrected chi connectivity index (χ2v) is 6.81. The van der Waals surface area contributed by atoms with Gasteiger partial charge in [0.05, 0.1) is 18.9 Å². The number of hydrogen-bond acceptors (Lipinski definition) is 8. The monoisotopic (exact) mass is 359 g/mol. The van der Waals surface area contributed by atoms with Crippen molar-refractivity contribution in [1.82, 2.24) is 29.9 Å². The predicted molar refractivity (Wildman–Crippen MR) is 91.1 cm³/mol. The number of carbonyl (C=O) groups is 2. The maximum Gasteiger partial charge on any atom is 0.308 e. The van der Waals surface area contributed by atoms with E-state index >= 15 is 0 Å². The first-order chi connectivity index (χ1) is 12.6. The number of rotatable bonds is 3. The van der Waals surface area contributed by atoms with E-state index in [-0.39, 0.29) is 23.7 Å². The number of piperidine rings is 1. The van der Waals surface area contributed by atoms with Crippen LogP contribution in [0.5, 0.6) is 0 Å². The highest BCUT2D eigenvalue weighted by atomic mass is 16.5. The smallest absolute Gasteiger partial charge is 0.308 e. The molecule has 0 radical (unpaired) electrons. The lowest BCUT2D eigenvalue weighted by atomic mass is 9.93. The van der Waals surface area contributed by atoms with Crippen LogP contribution in [0.15, 0.2) is 6.33 Å². The first-order valence-electron chi connectivity index (χ1n) is 8.70. The molecular weight excluding hydrogens is 338 g/mol. The fourth-order valence-corrected chi connectivity index (χ4v) is 3.64. The fourth-order valence-electron chi connectivity index (χ4n) is 3.64. The Hall–Kier alpha value is -2.78. The van der Waals surface area contributed by atoms with E-state index in [1.807, 2.05) is 9.80 Å². The molecular formula is C16H21N7O3. The summed E-state index contributed by atoms with van der Waals surface area (Å²) in [6.07, 6.45) is 2.83. The molecule has 4 rings (SSSR count). The van der Waals surface area contributed by atoms with Crippen molar-refractivity contribution in [3.05, 3.63) is 6.33 Å². The molecule has 2 aliphatic rings. The summed E-state index contributed by atoms with van der Waals surface area (Å²) in [6.45, 7) is 2.44. The number of likely N-dealkylation sites (tertiary alicyclic amines) is 1. The Bertz CT molecular complexity index is 837. The van der Waals surface area contributed by atoms with E-state index in [2.05, 4.69) is 20.3 Å². The minimum Gasteiger partial charge on any atom is -0.469 e. The number of carbonyl (C=O) groups excluding carboxylic acids is 2. The molecule has 0 bridgehead atoms. The topological polar surface area (TPSA) is 106 Å². The van der Waals surface area contributed by atoms with E-state index in [9.17, 15) is 9.59 Å². The number of methoxy groups -OCH3 is 1. The van der Waals surface area contributed by atoms with Gasteiger partial charge in [-0.2, -0.15) is 0 Å². The molecule has 0 atom stereocenters. The molecule has 0 N–H and O–H groups in total. The number of fused-ring (bicyclic) bond motifs is 1. The van der Waals surface area contributed by atoms with Gasteiger partial charge in [-0.15, -0.1) is 5.10 Å². The van der Waals surface area contributed by atoms with Crippen molar-refractivity contribution in [3.63, 3.8) is 0 Å². The number of anilines is 1. The van der Waals surface area contributed by atoms with Crippen LogP contribution in [0.2, 0.25) is 0 Å². The molecule has 26 heavy (non-hydrogen) atoms. The van der Waals surface area contributed by atoms with E-state index in [0.717, 1.165) is 5.82 Å². The Kier molecular flexibility index (Phi) is 4.17. The zero-order valence-electron chi connectivity index (χ0n) is 14.8. The molecule has 2 fully saturated rings. The van der Waals surface area contributed by atoms with Gasteiger partial charge in [0.1, 0.15) is 6.33 Å².